The Labute approximate surface area is 503 Å². The average Bonchev–Trinajstić information content (AvgIpc) is 3.46. The van der Waals surface area contributed by atoms with E-state index in [1.54, 1.807) is 0 Å². The van der Waals surface area contributed by atoms with E-state index >= 15 is 0 Å². The van der Waals surface area contributed by atoms with E-state index in [1.807, 2.05) is 0 Å². The van der Waals surface area contributed by atoms with Crippen molar-refractivity contribution in [2.45, 2.75) is 304 Å². The van der Waals surface area contributed by atoms with Gasteiger partial charge in [-0.25, -0.2) is 9.13 Å². The summed E-state index contributed by atoms with van der Waals surface area (Å²) in [5, 5.41) is 10.5. The Bertz CT molecular complexity index is 1740. The molecule has 17 nitrogen and oxygen atoms in total. The summed E-state index contributed by atoms with van der Waals surface area (Å²) in [6.07, 6.45) is 38.8. The first-order chi connectivity index (χ1) is 39.8. The van der Waals surface area contributed by atoms with Crippen LogP contribution >= 0.6 is 15.6 Å². The minimum atomic E-state index is -4.95. The molecule has 0 radical (unpaired) electrons. The van der Waals surface area contributed by atoms with Gasteiger partial charge in [-0.05, 0) is 69.1 Å². The van der Waals surface area contributed by atoms with E-state index in [4.69, 9.17) is 37.0 Å². The van der Waals surface area contributed by atoms with E-state index in [-0.39, 0.29) is 25.7 Å². The number of phosphoric ester groups is 2. The molecule has 19 heteroatoms. The third-order valence-electron chi connectivity index (χ3n) is 14.4. The van der Waals surface area contributed by atoms with Crippen LogP contribution in [0.15, 0.2) is 24.3 Å². The predicted octanol–water partition coefficient (Wildman–Crippen LogP) is 17.1. The summed E-state index contributed by atoms with van der Waals surface area (Å²) in [6.45, 7) is 11.5. The molecule has 0 aliphatic rings. The lowest BCUT2D eigenvalue weighted by molar-refractivity contribution is -0.161. The number of carbonyl (C=O) groups excluding carboxylic acids is 4. The monoisotopic (exact) mass is 1220 g/mol. The summed E-state index contributed by atoms with van der Waals surface area (Å²) in [6, 6.07) is 0. The molecule has 0 aromatic rings. The maximum atomic E-state index is 13.0. The van der Waals surface area contributed by atoms with Crippen LogP contribution in [-0.2, 0) is 65.4 Å². The zero-order valence-corrected chi connectivity index (χ0v) is 54.9. The van der Waals surface area contributed by atoms with Crippen molar-refractivity contribution in [2.24, 2.45) is 17.8 Å². The molecule has 0 spiro atoms. The number of ether oxygens (including phenoxy) is 4. The Kier molecular flexibility index (Phi) is 53.3. The Balaban J connectivity index is 5.25. The van der Waals surface area contributed by atoms with Crippen LogP contribution in [0.25, 0.3) is 0 Å². The number of esters is 4. The maximum absolute atomic E-state index is 13.0. The van der Waals surface area contributed by atoms with Crippen LogP contribution in [0.5, 0.6) is 0 Å². The molecule has 0 aliphatic carbocycles. The van der Waals surface area contributed by atoms with E-state index in [9.17, 15) is 43.2 Å². The lowest BCUT2D eigenvalue weighted by Crippen LogP contribution is -2.30. The van der Waals surface area contributed by atoms with Crippen LogP contribution in [-0.4, -0.2) is 96.7 Å². The maximum Gasteiger partial charge on any atom is 0.472 e. The molecular weight excluding hydrogens is 1100 g/mol. The van der Waals surface area contributed by atoms with Gasteiger partial charge in [-0.1, -0.05) is 233 Å². The molecule has 0 heterocycles. The molecular formula is C64H120O17P2. The first kappa shape index (κ1) is 80.5. The zero-order chi connectivity index (χ0) is 61.7. The molecule has 3 N–H and O–H groups in total. The summed E-state index contributed by atoms with van der Waals surface area (Å²) in [4.78, 5) is 72.1. The molecule has 3 unspecified atom stereocenters. The van der Waals surface area contributed by atoms with Crippen LogP contribution in [0.2, 0.25) is 0 Å². The number of hydrogen-bond donors (Lipinski definition) is 3. The average molecular weight is 1220 g/mol. The normalized spacial score (nSPS) is 14.9. The van der Waals surface area contributed by atoms with Crippen molar-refractivity contribution in [3.8, 4) is 0 Å². The van der Waals surface area contributed by atoms with Gasteiger partial charge in [-0.2, -0.15) is 0 Å². The van der Waals surface area contributed by atoms with E-state index in [2.05, 4.69) is 72.8 Å². The van der Waals surface area contributed by atoms with Gasteiger partial charge in [0.15, 0.2) is 12.2 Å². The molecule has 6 atom stereocenters. The second-order valence-electron chi connectivity index (χ2n) is 23.7. The van der Waals surface area contributed by atoms with Crippen molar-refractivity contribution >= 4 is 39.5 Å². The Hall–Kier alpha value is -2.46. The van der Waals surface area contributed by atoms with E-state index in [0.717, 1.165) is 121 Å². The molecule has 0 aliphatic heterocycles. The van der Waals surface area contributed by atoms with Crippen molar-refractivity contribution < 1.29 is 80.2 Å². The number of phosphoric acid groups is 2. The topological polar surface area (TPSA) is 237 Å². The number of allylic oxidation sites excluding steroid dienone is 4. The molecule has 0 rings (SSSR count). The smallest absolute Gasteiger partial charge is 0.462 e. The number of aliphatic hydroxyl groups excluding tert-OH is 1. The van der Waals surface area contributed by atoms with Gasteiger partial charge in [0.05, 0.1) is 26.4 Å². The predicted molar refractivity (Wildman–Crippen MR) is 330 cm³/mol. The standard InChI is InChI=1S/C64H120O17P2/c1-8-10-11-12-13-14-15-16-17-18-19-20-21-31-38-45-61(66)74-51-59(81-64(69)48-41-34-27-24-30-37-44-57(7)9-2)53-78-82(70,71)76-49-58(65)50-77-83(72,73)79-54-60(80-63(68)47-40-33-26-23-29-36-43-56(5)6)52-75-62(67)46-39-32-25-22-28-35-42-55(3)4/h14-17,55-60,65H,8-13,18-54H2,1-7H3,(H,70,71)(H,72,73)/b15-14-,17-16-/t57?,58-,59-,60-/m1/s1. The van der Waals surface area contributed by atoms with Crippen molar-refractivity contribution in [1.82, 2.24) is 0 Å². The first-order valence-corrected chi connectivity index (χ1v) is 35.7. The van der Waals surface area contributed by atoms with Gasteiger partial charge < -0.3 is 33.8 Å². The van der Waals surface area contributed by atoms with Crippen LogP contribution in [0, 0.1) is 17.8 Å². The highest BCUT2D eigenvalue weighted by atomic mass is 31.2. The van der Waals surface area contributed by atoms with Crippen molar-refractivity contribution in [3.05, 3.63) is 24.3 Å². The highest BCUT2D eigenvalue weighted by Gasteiger charge is 2.30. The fraction of sp³-hybridized carbons (Fsp3) is 0.875. The number of rotatable bonds is 60. The Morgan fingerprint density at radius 1 is 0.398 bits per heavy atom. The largest absolute Gasteiger partial charge is 0.472 e. The van der Waals surface area contributed by atoms with Gasteiger partial charge in [0, 0.05) is 25.7 Å². The number of hydrogen-bond acceptors (Lipinski definition) is 15. The summed E-state index contributed by atoms with van der Waals surface area (Å²) >= 11 is 0. The van der Waals surface area contributed by atoms with Gasteiger partial charge in [0.25, 0.3) is 0 Å². The van der Waals surface area contributed by atoms with Gasteiger partial charge in [0.2, 0.25) is 0 Å². The van der Waals surface area contributed by atoms with Crippen molar-refractivity contribution in [3.63, 3.8) is 0 Å². The third-order valence-corrected chi connectivity index (χ3v) is 16.3. The SMILES string of the molecule is CCCCCC/C=C\C=C/CCCCCCCC(=O)OC[C@H](COP(=O)(O)OC[C@@H](O)COP(=O)(O)OC[C@@H](COC(=O)CCCCCCCCC(C)C)OC(=O)CCCCCCCCC(C)C)OC(=O)CCCCCCCCC(C)CC. The molecule has 83 heavy (non-hydrogen) atoms. The highest BCUT2D eigenvalue weighted by molar-refractivity contribution is 7.47. The zero-order valence-electron chi connectivity index (χ0n) is 53.1. The molecule has 0 aromatic heterocycles. The summed E-state index contributed by atoms with van der Waals surface area (Å²) in [5.41, 5.74) is 0. The summed E-state index contributed by atoms with van der Waals surface area (Å²) in [7, 11) is -9.90. The van der Waals surface area contributed by atoms with Crippen LogP contribution in [0.4, 0.5) is 0 Å². The minimum absolute atomic E-state index is 0.0953. The van der Waals surface area contributed by atoms with Crippen molar-refractivity contribution in [2.75, 3.05) is 39.6 Å². The second kappa shape index (κ2) is 54.9. The molecule has 0 aromatic carbocycles. The van der Waals surface area contributed by atoms with E-state index < -0.39 is 97.5 Å². The molecule has 0 bridgehead atoms. The molecule has 0 saturated carbocycles. The van der Waals surface area contributed by atoms with Gasteiger partial charge >= 0.3 is 39.5 Å². The second-order valence-corrected chi connectivity index (χ2v) is 26.6. The van der Waals surface area contributed by atoms with Gasteiger partial charge in [-0.3, -0.25) is 37.3 Å². The van der Waals surface area contributed by atoms with E-state index in [0.29, 0.717) is 37.5 Å². The minimum Gasteiger partial charge on any atom is -0.462 e. The lowest BCUT2D eigenvalue weighted by atomic mass is 10.00. The summed E-state index contributed by atoms with van der Waals surface area (Å²) < 4.78 is 67.9. The van der Waals surface area contributed by atoms with Crippen molar-refractivity contribution in [1.29, 1.82) is 0 Å². The highest BCUT2D eigenvalue weighted by Crippen LogP contribution is 2.45. The number of carbonyl (C=O) groups is 4. The fourth-order valence-electron chi connectivity index (χ4n) is 8.91. The number of unbranched alkanes of at least 4 members (excludes halogenated alkanes) is 24. The lowest BCUT2D eigenvalue weighted by Gasteiger charge is -2.21. The molecule has 0 saturated heterocycles. The van der Waals surface area contributed by atoms with Crippen LogP contribution < -0.4 is 0 Å². The molecule has 0 amide bonds. The third kappa shape index (κ3) is 57.1. The first-order valence-electron chi connectivity index (χ1n) is 32.7. The van der Waals surface area contributed by atoms with Crippen LogP contribution in [0.3, 0.4) is 0 Å². The Morgan fingerprint density at radius 3 is 1.07 bits per heavy atom. The molecule has 488 valence electrons. The Morgan fingerprint density at radius 2 is 0.711 bits per heavy atom. The van der Waals surface area contributed by atoms with Crippen LogP contribution in [0.1, 0.15) is 286 Å². The summed E-state index contributed by atoms with van der Waals surface area (Å²) in [5.74, 6) is -0.113. The fourth-order valence-corrected chi connectivity index (χ4v) is 10.5. The van der Waals surface area contributed by atoms with Gasteiger partial charge in [0.1, 0.15) is 19.3 Å². The molecule has 0 fully saturated rings. The quantitative estimate of drug-likeness (QED) is 0.0169. The number of aliphatic hydroxyl groups is 1. The van der Waals surface area contributed by atoms with Gasteiger partial charge in [-0.15, -0.1) is 0 Å². The van der Waals surface area contributed by atoms with E-state index in [1.165, 1.54) is 70.6 Å².